The maximum absolute atomic E-state index is 12.9. The number of hydrogen-bond acceptors (Lipinski definition) is 11. The van der Waals surface area contributed by atoms with Crippen molar-refractivity contribution < 1.29 is 53.8 Å². The van der Waals surface area contributed by atoms with Crippen molar-refractivity contribution >= 4 is 41.6 Å². The number of allylic oxidation sites excluding steroid dienone is 2. The van der Waals surface area contributed by atoms with E-state index in [2.05, 4.69) is 19.2 Å². The summed E-state index contributed by atoms with van der Waals surface area (Å²) in [6, 6.07) is 4.74. The van der Waals surface area contributed by atoms with Gasteiger partial charge in [-0.25, -0.2) is 0 Å². The minimum absolute atomic E-state index is 0.00340. The molecule has 1 saturated heterocycles. The molecule has 2 aliphatic heterocycles. The molecule has 1 aromatic rings. The Kier molecular flexibility index (Phi) is 18.6. The average molecular weight is 787 g/mol. The number of carbonyl (C=O) groups is 3. The van der Waals surface area contributed by atoms with E-state index in [1.54, 1.807) is 63.5 Å². The number of epoxide rings is 1. The third-order valence-electron chi connectivity index (χ3n) is 9.72. The molecule has 0 saturated carbocycles. The van der Waals surface area contributed by atoms with Gasteiger partial charge in [0.1, 0.15) is 23.9 Å². The summed E-state index contributed by atoms with van der Waals surface area (Å²) in [5, 5.41) is 44.9. The Morgan fingerprint density at radius 2 is 1.89 bits per heavy atom. The maximum atomic E-state index is 12.9. The van der Waals surface area contributed by atoms with Gasteiger partial charge in [-0.3, -0.25) is 14.4 Å². The first-order chi connectivity index (χ1) is 24.8. The number of rotatable bonds is 13. The van der Waals surface area contributed by atoms with E-state index in [1.807, 2.05) is 13.0 Å². The lowest BCUT2D eigenvalue weighted by atomic mass is 9.87. The van der Waals surface area contributed by atoms with Gasteiger partial charge in [0.2, 0.25) is 0 Å². The predicted molar refractivity (Wildman–Crippen MR) is 202 cm³/mol. The van der Waals surface area contributed by atoms with Crippen LogP contribution in [0.3, 0.4) is 0 Å². The Hall–Kier alpha value is -2.81. The lowest BCUT2D eigenvalue weighted by Crippen LogP contribution is -2.52. The van der Waals surface area contributed by atoms with Gasteiger partial charge >= 0.3 is 11.9 Å². The molecular formula is C39H57Cl2NO11. The standard InChI is InChI=1S/C38H55Cl2NO9.CH2O2/c1-9-30(47-8)24(4)34-35(50-34)36(41-21-26-13-14-27(39)19-29(26)40)38(7,46)17-10-11-22(2)33-23(3)12-15-31(48-25(5)42)37(6,45)18-16-28(43)20-32(44)49-33;2-1-3/h10-15,17,19,23-24,28,30-31,33-36,41,43,45-46H,9,16,18,20-21H2,1-8H3;1H,(H,2,3)/b15-12+,17-10+,22-11+;/t23-,24+,28+,30-,31-,33-,34+,35-,36?,37+,38?;/m0./s1. The van der Waals surface area contributed by atoms with Crippen LogP contribution in [0.4, 0.5) is 0 Å². The third kappa shape index (κ3) is 14.4. The molecule has 2 unspecified atom stereocenters. The summed E-state index contributed by atoms with van der Waals surface area (Å²) in [6.07, 6.45) is 6.05. The topological polar surface area (TPSA) is 184 Å². The summed E-state index contributed by atoms with van der Waals surface area (Å²) in [7, 11) is 1.69. The molecule has 1 fully saturated rings. The fourth-order valence-electron chi connectivity index (χ4n) is 6.56. The van der Waals surface area contributed by atoms with Crippen LogP contribution in [0, 0.1) is 11.8 Å². The molecule has 12 nitrogen and oxygen atoms in total. The number of aliphatic hydroxyl groups excluding tert-OH is 1. The van der Waals surface area contributed by atoms with E-state index in [9.17, 15) is 24.9 Å². The number of methoxy groups -OCH3 is 1. The number of halogens is 2. The number of carbonyl (C=O) groups excluding carboxylic acids is 2. The second-order valence-electron chi connectivity index (χ2n) is 14.2. The summed E-state index contributed by atoms with van der Waals surface area (Å²) in [6.45, 7) is 12.4. The van der Waals surface area contributed by atoms with Gasteiger partial charge in [-0.1, -0.05) is 74.3 Å². The molecule has 298 valence electrons. The quantitative estimate of drug-likeness (QED) is 0.0552. The van der Waals surface area contributed by atoms with Crippen molar-refractivity contribution in [3.63, 3.8) is 0 Å². The Labute approximate surface area is 323 Å². The second kappa shape index (κ2) is 21.3. The first-order valence-corrected chi connectivity index (χ1v) is 18.5. The van der Waals surface area contributed by atoms with Gasteiger partial charge < -0.3 is 44.7 Å². The number of cyclic esters (lactones) is 1. The SMILES string of the molecule is CC[C@H](OC)[C@@H](C)[C@H]1O[C@@H]1C(NCc1ccc(Cl)cc1Cl)C(C)(O)/C=C/C=C(\C)[C@@H]1OC(=O)C[C@H](O)CC[C@@](C)(O)[C@@H](OC(C)=O)/C=C/[C@@H]1C.O=CO. The molecule has 0 aliphatic carbocycles. The zero-order valence-corrected chi connectivity index (χ0v) is 33.3. The number of ether oxygens (including phenoxy) is 4. The van der Waals surface area contributed by atoms with E-state index in [0.717, 1.165) is 12.0 Å². The van der Waals surface area contributed by atoms with Crippen LogP contribution in [0.15, 0.2) is 54.2 Å². The van der Waals surface area contributed by atoms with Crippen molar-refractivity contribution in [3.05, 3.63) is 69.8 Å². The summed E-state index contributed by atoms with van der Waals surface area (Å²) >= 11 is 12.6. The predicted octanol–water partition coefficient (Wildman–Crippen LogP) is 5.57. The van der Waals surface area contributed by atoms with Crippen molar-refractivity contribution in [2.24, 2.45) is 11.8 Å². The molecule has 0 amide bonds. The van der Waals surface area contributed by atoms with Gasteiger partial charge in [0, 0.05) is 42.5 Å². The van der Waals surface area contributed by atoms with Crippen LogP contribution in [-0.4, -0.2) is 99.8 Å². The van der Waals surface area contributed by atoms with E-state index in [-0.39, 0.29) is 50.0 Å². The largest absolute Gasteiger partial charge is 0.483 e. The molecule has 53 heavy (non-hydrogen) atoms. The Morgan fingerprint density at radius 3 is 2.47 bits per heavy atom. The molecular weight excluding hydrogens is 729 g/mol. The van der Waals surface area contributed by atoms with Gasteiger partial charge in [-0.05, 0) is 69.4 Å². The molecule has 0 spiro atoms. The van der Waals surface area contributed by atoms with Gasteiger partial charge in [0.25, 0.3) is 6.47 Å². The highest BCUT2D eigenvalue weighted by molar-refractivity contribution is 6.35. The van der Waals surface area contributed by atoms with Crippen molar-refractivity contribution in [1.29, 1.82) is 0 Å². The van der Waals surface area contributed by atoms with Crippen molar-refractivity contribution in [3.8, 4) is 0 Å². The fraction of sp³-hybridized carbons (Fsp3) is 0.615. The number of carboxylic acid groups (broad SMARTS) is 1. The molecule has 2 heterocycles. The number of hydrogen-bond donors (Lipinski definition) is 5. The monoisotopic (exact) mass is 785 g/mol. The molecule has 0 aromatic heterocycles. The normalized spacial score (nSPS) is 30.2. The van der Waals surface area contributed by atoms with Crippen LogP contribution in [0.2, 0.25) is 10.0 Å². The van der Waals surface area contributed by atoms with Crippen molar-refractivity contribution in [2.75, 3.05) is 7.11 Å². The fourth-order valence-corrected chi connectivity index (χ4v) is 7.03. The van der Waals surface area contributed by atoms with Crippen molar-refractivity contribution in [2.45, 2.75) is 135 Å². The number of esters is 2. The van der Waals surface area contributed by atoms with Crippen LogP contribution in [-0.2, 0) is 39.9 Å². The molecule has 2 aliphatic rings. The minimum atomic E-state index is -1.47. The second-order valence-corrected chi connectivity index (χ2v) is 15.1. The van der Waals surface area contributed by atoms with E-state index in [1.165, 1.54) is 13.8 Å². The molecule has 5 N–H and O–H groups in total. The number of nitrogens with one attached hydrogen (secondary N) is 1. The van der Waals surface area contributed by atoms with Crippen LogP contribution in [0.1, 0.15) is 79.7 Å². The zero-order chi connectivity index (χ0) is 40.1. The minimum Gasteiger partial charge on any atom is -0.483 e. The van der Waals surface area contributed by atoms with Gasteiger partial charge in [0.15, 0.2) is 0 Å². The summed E-state index contributed by atoms with van der Waals surface area (Å²) in [5.41, 5.74) is -1.38. The number of benzene rings is 1. The molecule has 0 radical (unpaired) electrons. The first kappa shape index (κ1) is 46.3. The summed E-state index contributed by atoms with van der Waals surface area (Å²) < 4.78 is 23.1. The smallest absolute Gasteiger partial charge is 0.309 e. The van der Waals surface area contributed by atoms with Crippen LogP contribution < -0.4 is 5.32 Å². The lowest BCUT2D eigenvalue weighted by molar-refractivity contribution is -0.157. The van der Waals surface area contributed by atoms with E-state index in [0.29, 0.717) is 22.2 Å². The highest BCUT2D eigenvalue weighted by atomic mass is 35.5. The van der Waals surface area contributed by atoms with Gasteiger partial charge in [-0.15, -0.1) is 0 Å². The lowest BCUT2D eigenvalue weighted by Gasteiger charge is -2.32. The average Bonchev–Trinajstić information content (AvgIpc) is 3.86. The molecule has 1 aromatic carbocycles. The summed E-state index contributed by atoms with van der Waals surface area (Å²) in [4.78, 5) is 33.1. The molecule has 11 atom stereocenters. The Morgan fingerprint density at radius 1 is 1.23 bits per heavy atom. The van der Waals surface area contributed by atoms with Crippen molar-refractivity contribution in [1.82, 2.24) is 5.32 Å². The number of aliphatic hydroxyl groups is 3. The molecule has 14 heteroatoms. The summed E-state index contributed by atoms with van der Waals surface area (Å²) in [5.74, 6) is -1.45. The Bertz CT molecular complexity index is 1440. The van der Waals surface area contributed by atoms with E-state index < -0.39 is 53.4 Å². The zero-order valence-electron chi connectivity index (χ0n) is 31.8. The Balaban J connectivity index is 0.00000313. The van der Waals surface area contributed by atoms with Crippen LogP contribution in [0.5, 0.6) is 0 Å². The highest BCUT2D eigenvalue weighted by Crippen LogP contribution is 2.39. The van der Waals surface area contributed by atoms with Crippen LogP contribution in [0.25, 0.3) is 0 Å². The first-order valence-electron chi connectivity index (χ1n) is 17.8. The van der Waals surface area contributed by atoms with E-state index in [4.69, 9.17) is 52.1 Å². The maximum Gasteiger partial charge on any atom is 0.309 e. The van der Waals surface area contributed by atoms with Gasteiger partial charge in [-0.2, -0.15) is 0 Å². The van der Waals surface area contributed by atoms with E-state index >= 15 is 0 Å². The third-order valence-corrected chi connectivity index (χ3v) is 10.3. The molecule has 3 rings (SSSR count). The highest BCUT2D eigenvalue weighted by Gasteiger charge is 2.54. The molecule has 0 bridgehead atoms. The van der Waals surface area contributed by atoms with Crippen LogP contribution >= 0.6 is 23.2 Å². The van der Waals surface area contributed by atoms with Gasteiger partial charge in [0.05, 0.1) is 36.4 Å².